The van der Waals surface area contributed by atoms with Gasteiger partial charge in [-0.25, -0.2) is 0 Å². The van der Waals surface area contributed by atoms with E-state index in [1.807, 2.05) is 19.2 Å². The van der Waals surface area contributed by atoms with Crippen LogP contribution in [0.4, 0.5) is 0 Å². The van der Waals surface area contributed by atoms with Gasteiger partial charge in [-0.2, -0.15) is 0 Å². The van der Waals surface area contributed by atoms with E-state index in [1.165, 1.54) is 12.8 Å². The molecule has 4 nitrogen and oxygen atoms in total. The molecule has 1 heterocycles. The number of halogens is 2. The monoisotopic (exact) mass is 305 g/mol. The van der Waals surface area contributed by atoms with Crippen LogP contribution in [-0.4, -0.2) is 35.9 Å². The van der Waals surface area contributed by atoms with Crippen molar-refractivity contribution in [2.24, 2.45) is 5.92 Å². The van der Waals surface area contributed by atoms with Crippen LogP contribution in [0.1, 0.15) is 18.4 Å². The van der Waals surface area contributed by atoms with Gasteiger partial charge < -0.3 is 10.2 Å². The molecule has 0 radical (unpaired) electrons. The molecule has 108 valence electrons. The number of amides is 1. The zero-order chi connectivity index (χ0) is 12.1. The third-order valence-corrected chi connectivity index (χ3v) is 3.00. The fourth-order valence-corrected chi connectivity index (χ4v) is 1.69. The first-order valence-electron chi connectivity index (χ1n) is 6.09. The van der Waals surface area contributed by atoms with E-state index >= 15 is 0 Å². The number of aromatic nitrogens is 1. The highest BCUT2D eigenvalue weighted by molar-refractivity contribution is 5.85. The number of likely N-dealkylation sites (N-methyl/N-ethyl adjacent to an activating group) is 1. The fraction of sp³-hybridized carbons (Fsp3) is 0.538. The predicted molar refractivity (Wildman–Crippen MR) is 80.8 cm³/mol. The van der Waals surface area contributed by atoms with Gasteiger partial charge in [0.2, 0.25) is 5.91 Å². The first kappa shape index (κ1) is 18.2. The van der Waals surface area contributed by atoms with Gasteiger partial charge in [-0.3, -0.25) is 9.78 Å². The second kappa shape index (κ2) is 9.13. The van der Waals surface area contributed by atoms with Gasteiger partial charge in [0.05, 0.1) is 6.54 Å². The van der Waals surface area contributed by atoms with Crippen LogP contribution in [0, 0.1) is 5.92 Å². The van der Waals surface area contributed by atoms with Gasteiger partial charge in [0.1, 0.15) is 0 Å². The normalized spacial score (nSPS) is 13.1. The van der Waals surface area contributed by atoms with Crippen LogP contribution < -0.4 is 5.32 Å². The summed E-state index contributed by atoms with van der Waals surface area (Å²) in [5, 5.41) is 3.21. The van der Waals surface area contributed by atoms with Crippen LogP contribution in [0.3, 0.4) is 0 Å². The van der Waals surface area contributed by atoms with E-state index in [0.29, 0.717) is 13.1 Å². The lowest BCUT2D eigenvalue weighted by atomic mass is 10.2. The number of pyridine rings is 1. The Morgan fingerprint density at radius 1 is 1.37 bits per heavy atom. The number of rotatable bonds is 6. The first-order chi connectivity index (χ1) is 8.25. The molecular weight excluding hydrogens is 285 g/mol. The quantitative estimate of drug-likeness (QED) is 0.873. The van der Waals surface area contributed by atoms with E-state index in [4.69, 9.17) is 0 Å². The molecule has 0 spiro atoms. The number of carbonyl (C=O) groups excluding carboxylic acids is 1. The second-order valence-corrected chi connectivity index (χ2v) is 4.68. The highest BCUT2D eigenvalue weighted by Crippen LogP contribution is 2.27. The van der Waals surface area contributed by atoms with Crippen LogP contribution in [0.5, 0.6) is 0 Å². The van der Waals surface area contributed by atoms with Crippen molar-refractivity contribution < 1.29 is 4.79 Å². The van der Waals surface area contributed by atoms with Crippen molar-refractivity contribution in [3.05, 3.63) is 30.1 Å². The molecule has 1 aromatic rings. The van der Waals surface area contributed by atoms with E-state index in [2.05, 4.69) is 10.3 Å². The molecule has 1 aliphatic carbocycles. The van der Waals surface area contributed by atoms with Gasteiger partial charge in [0.25, 0.3) is 0 Å². The Kier molecular flexibility index (Phi) is 8.72. The average Bonchev–Trinajstić information content (AvgIpc) is 3.14. The SMILES string of the molecule is CN(Cc1ccncc1)C(=O)CNCC1CC1.Cl.Cl. The molecule has 19 heavy (non-hydrogen) atoms. The summed E-state index contributed by atoms with van der Waals surface area (Å²) in [5.41, 5.74) is 1.11. The third-order valence-electron chi connectivity index (χ3n) is 3.00. The fourth-order valence-electron chi connectivity index (χ4n) is 1.69. The molecule has 1 aliphatic rings. The maximum Gasteiger partial charge on any atom is 0.236 e. The number of nitrogens with zero attached hydrogens (tertiary/aromatic N) is 2. The summed E-state index contributed by atoms with van der Waals surface area (Å²) in [6.07, 6.45) is 6.13. The first-order valence-corrected chi connectivity index (χ1v) is 6.09. The lowest BCUT2D eigenvalue weighted by molar-refractivity contribution is -0.129. The minimum Gasteiger partial charge on any atom is -0.340 e. The summed E-state index contributed by atoms with van der Waals surface area (Å²) in [6, 6.07) is 3.86. The van der Waals surface area contributed by atoms with Gasteiger partial charge in [0.15, 0.2) is 0 Å². The Balaban J connectivity index is 0.00000162. The Morgan fingerprint density at radius 2 is 2.00 bits per heavy atom. The van der Waals surface area contributed by atoms with Gasteiger partial charge in [-0.1, -0.05) is 0 Å². The highest BCUT2D eigenvalue weighted by Gasteiger charge is 2.20. The van der Waals surface area contributed by atoms with Gasteiger partial charge >= 0.3 is 0 Å². The minimum atomic E-state index is 0. The standard InChI is InChI=1S/C13H19N3O.2ClH/c1-16(10-12-4-6-14-7-5-12)13(17)9-15-8-11-2-3-11;;/h4-7,11,15H,2-3,8-10H2,1H3;2*1H. The summed E-state index contributed by atoms with van der Waals surface area (Å²) in [6.45, 7) is 2.07. The van der Waals surface area contributed by atoms with Crippen LogP contribution in [0.2, 0.25) is 0 Å². The Bertz CT molecular complexity index is 371. The van der Waals surface area contributed by atoms with Crippen molar-refractivity contribution in [1.29, 1.82) is 0 Å². The van der Waals surface area contributed by atoms with E-state index in [0.717, 1.165) is 18.0 Å². The lowest BCUT2D eigenvalue weighted by Crippen LogP contribution is -2.35. The molecule has 0 saturated heterocycles. The molecule has 1 amide bonds. The number of carbonyl (C=O) groups is 1. The van der Waals surface area contributed by atoms with Crippen molar-refractivity contribution in [3.63, 3.8) is 0 Å². The van der Waals surface area contributed by atoms with Gasteiger partial charge in [-0.15, -0.1) is 24.8 Å². The Labute approximate surface area is 126 Å². The molecule has 0 unspecified atom stereocenters. The van der Waals surface area contributed by atoms with Crippen molar-refractivity contribution in [3.8, 4) is 0 Å². The van der Waals surface area contributed by atoms with E-state index in [1.54, 1.807) is 17.3 Å². The topological polar surface area (TPSA) is 45.2 Å². The van der Waals surface area contributed by atoms with E-state index in [9.17, 15) is 4.79 Å². The zero-order valence-electron chi connectivity index (χ0n) is 11.0. The molecule has 1 aromatic heterocycles. The smallest absolute Gasteiger partial charge is 0.236 e. The van der Waals surface area contributed by atoms with Crippen molar-refractivity contribution in [2.75, 3.05) is 20.1 Å². The second-order valence-electron chi connectivity index (χ2n) is 4.68. The molecule has 0 aliphatic heterocycles. The third kappa shape index (κ3) is 6.76. The van der Waals surface area contributed by atoms with Crippen LogP contribution >= 0.6 is 24.8 Å². The molecule has 2 rings (SSSR count). The number of nitrogens with one attached hydrogen (secondary N) is 1. The average molecular weight is 306 g/mol. The largest absolute Gasteiger partial charge is 0.340 e. The summed E-state index contributed by atoms with van der Waals surface area (Å²) in [4.78, 5) is 17.5. The molecule has 0 aromatic carbocycles. The van der Waals surface area contributed by atoms with Gasteiger partial charge in [-0.05, 0) is 43.0 Å². The van der Waals surface area contributed by atoms with Crippen LogP contribution in [0.25, 0.3) is 0 Å². The Hall–Kier alpha value is -0.840. The highest BCUT2D eigenvalue weighted by atomic mass is 35.5. The summed E-state index contributed by atoms with van der Waals surface area (Å²) < 4.78 is 0. The molecule has 0 atom stereocenters. The van der Waals surface area contributed by atoms with Gasteiger partial charge in [0, 0.05) is 26.0 Å². The molecule has 1 saturated carbocycles. The maximum absolute atomic E-state index is 11.8. The van der Waals surface area contributed by atoms with Crippen LogP contribution in [0.15, 0.2) is 24.5 Å². The molecule has 1 N–H and O–H groups in total. The minimum absolute atomic E-state index is 0. The molecule has 1 fully saturated rings. The lowest BCUT2D eigenvalue weighted by Gasteiger charge is -2.17. The molecule has 6 heteroatoms. The zero-order valence-corrected chi connectivity index (χ0v) is 12.7. The summed E-state index contributed by atoms with van der Waals surface area (Å²) >= 11 is 0. The predicted octanol–water partition coefficient (Wildman–Crippen LogP) is 1.88. The van der Waals surface area contributed by atoms with Crippen molar-refractivity contribution in [2.45, 2.75) is 19.4 Å². The Morgan fingerprint density at radius 3 is 2.58 bits per heavy atom. The summed E-state index contributed by atoms with van der Waals surface area (Å²) in [5.74, 6) is 0.954. The molecule has 0 bridgehead atoms. The molecular formula is C13H21Cl2N3O. The maximum atomic E-state index is 11.8. The van der Waals surface area contributed by atoms with Crippen molar-refractivity contribution >= 4 is 30.7 Å². The van der Waals surface area contributed by atoms with Crippen LogP contribution in [-0.2, 0) is 11.3 Å². The van der Waals surface area contributed by atoms with E-state index in [-0.39, 0.29) is 30.7 Å². The summed E-state index contributed by atoms with van der Waals surface area (Å²) in [7, 11) is 1.83. The van der Waals surface area contributed by atoms with E-state index < -0.39 is 0 Å². The number of hydrogen-bond donors (Lipinski definition) is 1. The number of hydrogen-bond acceptors (Lipinski definition) is 3. The van der Waals surface area contributed by atoms with Crippen molar-refractivity contribution in [1.82, 2.24) is 15.2 Å².